The maximum Gasteiger partial charge on any atom is 0.328 e. The van der Waals surface area contributed by atoms with Gasteiger partial charge in [-0.1, -0.05) is 6.08 Å². The molecule has 1 rings (SSSR count). The zero-order chi connectivity index (χ0) is 11.3. The van der Waals surface area contributed by atoms with Crippen molar-refractivity contribution in [1.29, 1.82) is 0 Å². The number of carbonyl (C=O) groups is 1. The fraction of sp³-hybridized carbons (Fsp3) is 0.167. The van der Waals surface area contributed by atoms with E-state index in [1.807, 2.05) is 42.2 Å². The Morgan fingerprint density at radius 1 is 1.53 bits per heavy atom. The summed E-state index contributed by atoms with van der Waals surface area (Å²) in [7, 11) is 1.94. The molecule has 0 aliphatic rings. The molecule has 0 fully saturated rings. The first-order valence-electron chi connectivity index (χ1n) is 4.62. The molecule has 0 atom stereocenters. The molecule has 0 aliphatic carbocycles. The van der Waals surface area contributed by atoms with Crippen LogP contribution in [0.1, 0.15) is 12.5 Å². The molecule has 0 saturated carbocycles. The molecule has 0 unspecified atom stereocenters. The Bertz CT molecular complexity index is 419. The first-order valence-corrected chi connectivity index (χ1v) is 4.62. The van der Waals surface area contributed by atoms with Crippen molar-refractivity contribution in [3.05, 3.63) is 47.8 Å². The third-order valence-electron chi connectivity index (χ3n) is 1.85. The maximum absolute atomic E-state index is 10.4. The van der Waals surface area contributed by atoms with Gasteiger partial charge in [-0.05, 0) is 24.6 Å². The number of hydrogen-bond donors (Lipinski definition) is 1. The Kier molecular flexibility index (Phi) is 3.80. The fourth-order valence-corrected chi connectivity index (χ4v) is 1.18. The molecule has 1 aromatic heterocycles. The highest BCUT2D eigenvalue weighted by Gasteiger charge is 1.94. The molecule has 3 nitrogen and oxygen atoms in total. The second kappa shape index (κ2) is 5.10. The summed E-state index contributed by atoms with van der Waals surface area (Å²) < 4.78 is 1.94. The van der Waals surface area contributed by atoms with Gasteiger partial charge in [0.25, 0.3) is 0 Å². The fourth-order valence-electron chi connectivity index (χ4n) is 1.18. The molecule has 1 heterocycles. The Morgan fingerprint density at radius 3 is 2.87 bits per heavy atom. The van der Waals surface area contributed by atoms with Gasteiger partial charge in [0.1, 0.15) is 7.05 Å². The lowest BCUT2D eigenvalue weighted by atomic mass is 10.2. The van der Waals surface area contributed by atoms with Crippen molar-refractivity contribution in [2.24, 2.45) is 7.05 Å². The largest absolute Gasteiger partial charge is 0.478 e. The first-order chi connectivity index (χ1) is 7.08. The molecule has 3 heteroatoms. The van der Waals surface area contributed by atoms with E-state index >= 15 is 0 Å². The Labute approximate surface area is 89.0 Å². The molecule has 1 aromatic rings. The summed E-state index contributed by atoms with van der Waals surface area (Å²) in [6.45, 7) is 1.76. The molecule has 0 aliphatic heterocycles. The number of aromatic nitrogens is 1. The molecule has 15 heavy (non-hydrogen) atoms. The number of aliphatic carboxylic acids is 1. The van der Waals surface area contributed by atoms with Crippen LogP contribution < -0.4 is 4.57 Å². The Hall–Kier alpha value is -1.90. The van der Waals surface area contributed by atoms with Gasteiger partial charge in [0.05, 0.1) is 0 Å². The van der Waals surface area contributed by atoms with E-state index in [2.05, 4.69) is 0 Å². The van der Waals surface area contributed by atoms with Gasteiger partial charge in [0, 0.05) is 17.7 Å². The Morgan fingerprint density at radius 2 is 2.27 bits per heavy atom. The van der Waals surface area contributed by atoms with Gasteiger partial charge in [0.15, 0.2) is 12.4 Å². The SMILES string of the molecule is CC(=C/C(=O)O)/C=C/c1ccc[n+](C)c1. The summed E-state index contributed by atoms with van der Waals surface area (Å²) in [5.74, 6) is -0.921. The molecule has 0 aromatic carbocycles. The number of rotatable bonds is 3. The van der Waals surface area contributed by atoms with Gasteiger partial charge in [-0.2, -0.15) is 0 Å². The van der Waals surface area contributed by atoms with E-state index < -0.39 is 5.97 Å². The van der Waals surface area contributed by atoms with Crippen LogP contribution in [-0.4, -0.2) is 11.1 Å². The van der Waals surface area contributed by atoms with Crippen molar-refractivity contribution in [1.82, 2.24) is 0 Å². The molecular weight excluding hydrogens is 190 g/mol. The van der Waals surface area contributed by atoms with Crippen LogP contribution in [0.4, 0.5) is 0 Å². The van der Waals surface area contributed by atoms with Gasteiger partial charge in [-0.3, -0.25) is 0 Å². The lowest BCUT2D eigenvalue weighted by molar-refractivity contribution is -0.671. The molecular formula is C12H14NO2+. The minimum absolute atomic E-state index is 0.717. The molecule has 0 radical (unpaired) electrons. The van der Waals surface area contributed by atoms with E-state index in [-0.39, 0.29) is 0 Å². The lowest BCUT2D eigenvalue weighted by Gasteiger charge is -1.91. The highest BCUT2D eigenvalue weighted by Crippen LogP contribution is 2.02. The average Bonchev–Trinajstić information content (AvgIpc) is 2.14. The van der Waals surface area contributed by atoms with Crippen molar-refractivity contribution < 1.29 is 14.5 Å². The van der Waals surface area contributed by atoms with Crippen molar-refractivity contribution in [2.45, 2.75) is 6.92 Å². The smallest absolute Gasteiger partial charge is 0.328 e. The normalized spacial score (nSPS) is 12.0. The van der Waals surface area contributed by atoms with Gasteiger partial charge in [-0.15, -0.1) is 0 Å². The van der Waals surface area contributed by atoms with Crippen molar-refractivity contribution >= 4 is 12.0 Å². The second-order valence-corrected chi connectivity index (χ2v) is 3.36. The predicted octanol–water partition coefficient (Wildman–Crippen LogP) is 1.56. The monoisotopic (exact) mass is 204 g/mol. The van der Waals surface area contributed by atoms with Crippen LogP contribution in [0.5, 0.6) is 0 Å². The molecule has 0 amide bonds. The summed E-state index contributed by atoms with van der Waals surface area (Å²) in [5, 5.41) is 8.51. The van der Waals surface area contributed by atoms with Gasteiger partial charge in [-0.25, -0.2) is 9.36 Å². The molecule has 0 spiro atoms. The van der Waals surface area contributed by atoms with Crippen molar-refractivity contribution in [2.75, 3.05) is 0 Å². The number of carboxylic acids is 1. The number of hydrogen-bond acceptors (Lipinski definition) is 1. The quantitative estimate of drug-likeness (QED) is 0.461. The lowest BCUT2D eigenvalue weighted by Crippen LogP contribution is -2.26. The van der Waals surface area contributed by atoms with E-state index in [1.54, 1.807) is 13.0 Å². The van der Waals surface area contributed by atoms with E-state index in [0.29, 0.717) is 5.57 Å². The van der Waals surface area contributed by atoms with Crippen LogP contribution >= 0.6 is 0 Å². The van der Waals surface area contributed by atoms with Crippen LogP contribution in [0, 0.1) is 0 Å². The number of nitrogens with zero attached hydrogens (tertiary/aromatic N) is 1. The number of pyridine rings is 1. The third-order valence-corrected chi connectivity index (χ3v) is 1.85. The molecule has 78 valence electrons. The summed E-state index contributed by atoms with van der Waals surface area (Å²) in [6.07, 6.45) is 8.75. The number of aryl methyl sites for hydroxylation is 1. The summed E-state index contributed by atoms with van der Waals surface area (Å²) in [5.41, 5.74) is 1.76. The van der Waals surface area contributed by atoms with Crippen molar-refractivity contribution in [3.63, 3.8) is 0 Å². The van der Waals surface area contributed by atoms with Crippen molar-refractivity contribution in [3.8, 4) is 0 Å². The molecule has 1 N–H and O–H groups in total. The zero-order valence-corrected chi connectivity index (χ0v) is 8.84. The standard InChI is InChI=1S/C12H13NO2/c1-10(8-12(14)15)5-6-11-4-3-7-13(2)9-11/h3-9H,1-2H3/p+1/b6-5+,10-8-. The highest BCUT2D eigenvalue weighted by atomic mass is 16.4. The highest BCUT2D eigenvalue weighted by molar-refractivity contribution is 5.81. The predicted molar refractivity (Wildman–Crippen MR) is 58.0 cm³/mol. The second-order valence-electron chi connectivity index (χ2n) is 3.36. The molecule has 0 bridgehead atoms. The molecule has 0 saturated heterocycles. The van der Waals surface area contributed by atoms with Crippen LogP contribution in [0.25, 0.3) is 6.08 Å². The van der Waals surface area contributed by atoms with Crippen LogP contribution in [0.2, 0.25) is 0 Å². The summed E-state index contributed by atoms with van der Waals surface area (Å²) in [4.78, 5) is 10.4. The van der Waals surface area contributed by atoms with E-state index in [0.717, 1.165) is 5.56 Å². The topological polar surface area (TPSA) is 41.2 Å². The maximum atomic E-state index is 10.4. The Balaban J connectivity index is 2.78. The van der Waals surface area contributed by atoms with Gasteiger partial charge >= 0.3 is 5.97 Å². The van der Waals surface area contributed by atoms with Crippen LogP contribution in [0.15, 0.2) is 42.3 Å². The number of carboxylic acid groups (broad SMARTS) is 1. The minimum Gasteiger partial charge on any atom is -0.478 e. The minimum atomic E-state index is -0.921. The van der Waals surface area contributed by atoms with E-state index in [9.17, 15) is 4.79 Å². The third kappa shape index (κ3) is 4.22. The number of allylic oxidation sites excluding steroid dienone is 2. The zero-order valence-electron chi connectivity index (χ0n) is 8.84. The van der Waals surface area contributed by atoms with Crippen LogP contribution in [-0.2, 0) is 11.8 Å². The average molecular weight is 204 g/mol. The summed E-state index contributed by atoms with van der Waals surface area (Å²) >= 11 is 0. The van der Waals surface area contributed by atoms with Gasteiger partial charge in [0.2, 0.25) is 0 Å². The van der Waals surface area contributed by atoms with Gasteiger partial charge < -0.3 is 5.11 Å². The van der Waals surface area contributed by atoms with E-state index in [1.165, 1.54) is 6.08 Å². The van der Waals surface area contributed by atoms with Crippen LogP contribution in [0.3, 0.4) is 0 Å². The van der Waals surface area contributed by atoms with E-state index in [4.69, 9.17) is 5.11 Å². The summed E-state index contributed by atoms with van der Waals surface area (Å²) in [6, 6.07) is 3.90. The first kappa shape index (κ1) is 11.2.